The second-order valence-electron chi connectivity index (χ2n) is 7.07. The highest BCUT2D eigenvalue weighted by Crippen LogP contribution is 2.30. The Labute approximate surface area is 117 Å². The van der Waals surface area contributed by atoms with Crippen LogP contribution in [0.4, 0.5) is 0 Å². The topological polar surface area (TPSA) is 29.1 Å². The van der Waals surface area contributed by atoms with E-state index in [0.717, 1.165) is 0 Å². The van der Waals surface area contributed by atoms with Gasteiger partial charge in [0.2, 0.25) is 5.91 Å². The Morgan fingerprint density at radius 2 is 1.74 bits per heavy atom. The largest absolute Gasteiger partial charge is 0.355 e. The van der Waals surface area contributed by atoms with Crippen molar-refractivity contribution in [1.82, 2.24) is 5.32 Å². The standard InChI is InChI=1S/C17H27NO/c1-12-10-14(16(3,4)5)8-9-15(12)17(6,7)11-18-13(2)19/h8-10H,11H2,1-7H3,(H,18,19). The number of carbonyl (C=O) groups is 1. The zero-order chi connectivity index (χ0) is 14.8. The van der Waals surface area contributed by atoms with Crippen molar-refractivity contribution < 1.29 is 4.79 Å². The minimum Gasteiger partial charge on any atom is -0.355 e. The molecule has 0 spiro atoms. The van der Waals surface area contributed by atoms with E-state index in [1.807, 2.05) is 0 Å². The van der Waals surface area contributed by atoms with E-state index < -0.39 is 0 Å². The molecule has 106 valence electrons. The highest BCUT2D eigenvalue weighted by molar-refractivity contribution is 5.73. The lowest BCUT2D eigenvalue weighted by molar-refractivity contribution is -0.119. The fourth-order valence-electron chi connectivity index (χ4n) is 2.33. The number of aryl methyl sites for hydroxylation is 1. The quantitative estimate of drug-likeness (QED) is 0.883. The zero-order valence-electron chi connectivity index (χ0n) is 13.3. The maximum atomic E-state index is 11.1. The molecule has 0 unspecified atom stereocenters. The third kappa shape index (κ3) is 4.09. The molecule has 0 saturated carbocycles. The predicted octanol–water partition coefficient (Wildman–Crippen LogP) is 3.71. The van der Waals surface area contributed by atoms with Gasteiger partial charge in [-0.25, -0.2) is 0 Å². The van der Waals surface area contributed by atoms with Gasteiger partial charge < -0.3 is 5.32 Å². The molecular formula is C17H27NO. The number of rotatable bonds is 3. The number of amides is 1. The molecule has 0 aromatic heterocycles. The average Bonchev–Trinajstić information content (AvgIpc) is 2.25. The lowest BCUT2D eigenvalue weighted by Crippen LogP contribution is -2.36. The van der Waals surface area contributed by atoms with Crippen molar-refractivity contribution in [3.05, 3.63) is 34.9 Å². The number of benzene rings is 1. The van der Waals surface area contributed by atoms with Gasteiger partial charge in [0.15, 0.2) is 0 Å². The summed E-state index contributed by atoms with van der Waals surface area (Å²) in [5.74, 6) is 0.0250. The molecule has 0 fully saturated rings. The summed E-state index contributed by atoms with van der Waals surface area (Å²) >= 11 is 0. The van der Waals surface area contributed by atoms with Gasteiger partial charge >= 0.3 is 0 Å². The molecule has 0 aliphatic heterocycles. The van der Waals surface area contributed by atoms with E-state index in [1.54, 1.807) is 6.92 Å². The van der Waals surface area contributed by atoms with Crippen molar-refractivity contribution in [2.75, 3.05) is 6.54 Å². The van der Waals surface area contributed by atoms with Crippen LogP contribution in [0.3, 0.4) is 0 Å². The summed E-state index contributed by atoms with van der Waals surface area (Å²) in [5, 5.41) is 2.92. The van der Waals surface area contributed by atoms with Crippen LogP contribution in [0.5, 0.6) is 0 Å². The van der Waals surface area contributed by atoms with E-state index in [-0.39, 0.29) is 16.7 Å². The normalized spacial score (nSPS) is 12.4. The van der Waals surface area contributed by atoms with Gasteiger partial charge in [0.1, 0.15) is 0 Å². The van der Waals surface area contributed by atoms with Gasteiger partial charge in [0.05, 0.1) is 0 Å². The second kappa shape index (κ2) is 5.36. The SMILES string of the molecule is CC(=O)NCC(C)(C)c1ccc(C(C)(C)C)cc1C. The average molecular weight is 261 g/mol. The van der Waals surface area contributed by atoms with Crippen LogP contribution >= 0.6 is 0 Å². The summed E-state index contributed by atoms with van der Waals surface area (Å²) in [6.07, 6.45) is 0. The lowest BCUT2D eigenvalue weighted by atomic mass is 9.78. The monoisotopic (exact) mass is 261 g/mol. The van der Waals surface area contributed by atoms with Crippen LogP contribution in [0.25, 0.3) is 0 Å². The van der Waals surface area contributed by atoms with Gasteiger partial charge in [0, 0.05) is 18.9 Å². The minimum atomic E-state index is -0.0494. The van der Waals surface area contributed by atoms with Crippen LogP contribution in [0, 0.1) is 6.92 Å². The fourth-order valence-corrected chi connectivity index (χ4v) is 2.33. The van der Waals surface area contributed by atoms with Crippen molar-refractivity contribution in [2.24, 2.45) is 0 Å². The summed E-state index contributed by atoms with van der Waals surface area (Å²) in [5.41, 5.74) is 4.07. The summed E-state index contributed by atoms with van der Waals surface area (Å²) in [6.45, 7) is 15.4. The van der Waals surface area contributed by atoms with Gasteiger partial charge in [-0.15, -0.1) is 0 Å². The third-order valence-corrected chi connectivity index (χ3v) is 3.60. The smallest absolute Gasteiger partial charge is 0.216 e. The zero-order valence-corrected chi connectivity index (χ0v) is 13.3. The highest BCUT2D eigenvalue weighted by atomic mass is 16.1. The Balaban J connectivity index is 3.05. The number of hydrogen-bond donors (Lipinski definition) is 1. The Kier molecular flexibility index (Phi) is 4.44. The van der Waals surface area contributed by atoms with Gasteiger partial charge in [-0.3, -0.25) is 4.79 Å². The predicted molar refractivity (Wildman–Crippen MR) is 81.6 cm³/mol. The van der Waals surface area contributed by atoms with Gasteiger partial charge in [-0.2, -0.15) is 0 Å². The molecule has 1 aromatic rings. The van der Waals surface area contributed by atoms with Crippen molar-refractivity contribution in [3.63, 3.8) is 0 Å². The first-order valence-electron chi connectivity index (χ1n) is 6.90. The van der Waals surface area contributed by atoms with Gasteiger partial charge in [-0.1, -0.05) is 52.8 Å². The first-order valence-corrected chi connectivity index (χ1v) is 6.90. The molecule has 1 aromatic carbocycles. The third-order valence-electron chi connectivity index (χ3n) is 3.60. The summed E-state index contributed by atoms with van der Waals surface area (Å²) in [4.78, 5) is 11.1. The van der Waals surface area contributed by atoms with Crippen LogP contribution in [0.15, 0.2) is 18.2 Å². The molecule has 1 amide bonds. The Bertz CT molecular complexity index is 467. The first kappa shape index (κ1) is 15.7. The molecule has 1 N–H and O–H groups in total. The lowest BCUT2D eigenvalue weighted by Gasteiger charge is -2.29. The molecule has 0 bridgehead atoms. The molecule has 19 heavy (non-hydrogen) atoms. The van der Waals surface area contributed by atoms with E-state index >= 15 is 0 Å². The molecule has 0 saturated heterocycles. The van der Waals surface area contributed by atoms with Crippen LogP contribution in [-0.4, -0.2) is 12.5 Å². The van der Waals surface area contributed by atoms with Gasteiger partial charge in [-0.05, 0) is 29.0 Å². The van der Waals surface area contributed by atoms with E-state index in [0.29, 0.717) is 6.54 Å². The van der Waals surface area contributed by atoms with Crippen molar-refractivity contribution in [3.8, 4) is 0 Å². The Hall–Kier alpha value is -1.31. The Morgan fingerprint density at radius 3 is 2.16 bits per heavy atom. The van der Waals surface area contributed by atoms with Crippen molar-refractivity contribution in [1.29, 1.82) is 0 Å². The summed E-state index contributed by atoms with van der Waals surface area (Å²) in [7, 11) is 0. The molecule has 2 nitrogen and oxygen atoms in total. The fraction of sp³-hybridized carbons (Fsp3) is 0.588. The Morgan fingerprint density at radius 1 is 1.16 bits per heavy atom. The van der Waals surface area contributed by atoms with Crippen LogP contribution < -0.4 is 5.32 Å². The van der Waals surface area contributed by atoms with Crippen molar-refractivity contribution >= 4 is 5.91 Å². The molecule has 0 radical (unpaired) electrons. The minimum absolute atomic E-state index is 0.0250. The molecule has 1 rings (SSSR count). The maximum absolute atomic E-state index is 11.1. The molecule has 0 atom stereocenters. The summed E-state index contributed by atoms with van der Waals surface area (Å²) in [6, 6.07) is 6.68. The maximum Gasteiger partial charge on any atom is 0.216 e. The van der Waals surface area contributed by atoms with Crippen LogP contribution in [0.1, 0.15) is 58.2 Å². The van der Waals surface area contributed by atoms with Crippen LogP contribution in [0.2, 0.25) is 0 Å². The second-order valence-corrected chi connectivity index (χ2v) is 7.07. The van der Waals surface area contributed by atoms with E-state index in [1.165, 1.54) is 16.7 Å². The highest BCUT2D eigenvalue weighted by Gasteiger charge is 2.24. The van der Waals surface area contributed by atoms with E-state index in [9.17, 15) is 4.79 Å². The molecule has 0 aliphatic rings. The number of hydrogen-bond acceptors (Lipinski definition) is 1. The van der Waals surface area contributed by atoms with E-state index in [2.05, 4.69) is 65.1 Å². The number of carbonyl (C=O) groups excluding carboxylic acids is 1. The van der Waals surface area contributed by atoms with Gasteiger partial charge in [0.25, 0.3) is 0 Å². The van der Waals surface area contributed by atoms with Crippen LogP contribution in [-0.2, 0) is 15.6 Å². The van der Waals surface area contributed by atoms with Crippen molar-refractivity contribution in [2.45, 2.75) is 59.3 Å². The molecule has 0 heterocycles. The molecule has 0 aliphatic carbocycles. The van der Waals surface area contributed by atoms with E-state index in [4.69, 9.17) is 0 Å². The summed E-state index contributed by atoms with van der Waals surface area (Å²) < 4.78 is 0. The molecular weight excluding hydrogens is 234 g/mol. The molecule has 2 heteroatoms. The number of nitrogens with one attached hydrogen (secondary N) is 1. The first-order chi connectivity index (χ1) is 8.54.